The van der Waals surface area contributed by atoms with Gasteiger partial charge in [-0.25, -0.2) is 9.97 Å². The van der Waals surface area contributed by atoms with Crippen LogP contribution in [0.5, 0.6) is 0 Å². The van der Waals surface area contributed by atoms with E-state index in [0.717, 1.165) is 60.8 Å². The number of carbonyl (C=O) groups is 1. The maximum absolute atomic E-state index is 12.4. The summed E-state index contributed by atoms with van der Waals surface area (Å²) in [6.07, 6.45) is 8.56. The lowest BCUT2D eigenvalue weighted by molar-refractivity contribution is -0.125. The summed E-state index contributed by atoms with van der Waals surface area (Å²) in [7, 11) is 0. The SMILES string of the molecule is CC1CCc2c(sc3nc(-c4cccnc4)nc(N4CCC(C(=O)NCCO)CC4)c23)C1. The number of aryl methyl sites for hydroxylation is 1. The molecule has 1 aliphatic carbocycles. The standard InChI is InChI=1S/C24H29N5O2S/c1-15-4-5-18-19(13-15)32-24-20(18)22(27-21(28-24)17-3-2-8-25-14-17)29-10-6-16(7-11-29)23(31)26-9-12-30/h2-3,8,14-16,30H,4-7,9-13H2,1H3,(H,26,31). The lowest BCUT2D eigenvalue weighted by Crippen LogP contribution is -2.41. The molecule has 1 aliphatic heterocycles. The van der Waals surface area contributed by atoms with Gasteiger partial charge in [0.25, 0.3) is 0 Å². The van der Waals surface area contributed by atoms with Crippen molar-refractivity contribution in [1.29, 1.82) is 0 Å². The number of amides is 1. The van der Waals surface area contributed by atoms with E-state index in [-0.39, 0.29) is 18.4 Å². The highest BCUT2D eigenvalue weighted by Crippen LogP contribution is 2.42. The highest BCUT2D eigenvalue weighted by atomic mass is 32.1. The average Bonchev–Trinajstić information content (AvgIpc) is 3.20. The van der Waals surface area contributed by atoms with Crippen LogP contribution in [-0.2, 0) is 17.6 Å². The minimum absolute atomic E-state index is 0.00911. The number of aromatic nitrogens is 3. The van der Waals surface area contributed by atoms with Gasteiger partial charge in [0.05, 0.1) is 12.0 Å². The number of fused-ring (bicyclic) bond motifs is 3. The van der Waals surface area contributed by atoms with Crippen molar-refractivity contribution >= 4 is 33.3 Å². The lowest BCUT2D eigenvalue weighted by atomic mass is 9.89. The van der Waals surface area contributed by atoms with Crippen molar-refractivity contribution in [2.45, 2.75) is 39.0 Å². The van der Waals surface area contributed by atoms with E-state index >= 15 is 0 Å². The minimum Gasteiger partial charge on any atom is -0.395 e. The number of nitrogens with one attached hydrogen (secondary N) is 1. The van der Waals surface area contributed by atoms with Gasteiger partial charge < -0.3 is 15.3 Å². The van der Waals surface area contributed by atoms with E-state index < -0.39 is 0 Å². The Morgan fingerprint density at radius 2 is 2.12 bits per heavy atom. The maximum Gasteiger partial charge on any atom is 0.223 e. The van der Waals surface area contributed by atoms with E-state index in [4.69, 9.17) is 15.1 Å². The van der Waals surface area contributed by atoms with E-state index in [2.05, 4.69) is 22.1 Å². The third kappa shape index (κ3) is 4.09. The molecule has 3 aromatic heterocycles. The molecule has 2 N–H and O–H groups in total. The number of piperidine rings is 1. The number of pyridine rings is 1. The van der Waals surface area contributed by atoms with Gasteiger partial charge in [-0.05, 0) is 55.7 Å². The monoisotopic (exact) mass is 451 g/mol. The zero-order chi connectivity index (χ0) is 22.1. The Hall–Kier alpha value is -2.58. The minimum atomic E-state index is -0.0253. The van der Waals surface area contributed by atoms with Crippen LogP contribution >= 0.6 is 11.3 Å². The van der Waals surface area contributed by atoms with Gasteiger partial charge in [-0.3, -0.25) is 9.78 Å². The number of nitrogens with zero attached hydrogens (tertiary/aromatic N) is 4. The number of anilines is 1. The summed E-state index contributed by atoms with van der Waals surface area (Å²) in [6.45, 7) is 4.20. The van der Waals surface area contributed by atoms with E-state index in [1.165, 1.54) is 22.2 Å². The smallest absolute Gasteiger partial charge is 0.223 e. The fraction of sp³-hybridized carbons (Fsp3) is 0.500. The van der Waals surface area contributed by atoms with E-state index in [9.17, 15) is 4.79 Å². The molecule has 4 heterocycles. The quantitative estimate of drug-likeness (QED) is 0.619. The molecule has 0 aromatic carbocycles. The molecule has 0 saturated carbocycles. The van der Waals surface area contributed by atoms with Gasteiger partial charge in [-0.2, -0.15) is 0 Å². The Morgan fingerprint density at radius 1 is 1.28 bits per heavy atom. The highest BCUT2D eigenvalue weighted by Gasteiger charge is 2.30. The topological polar surface area (TPSA) is 91.2 Å². The molecule has 168 valence electrons. The van der Waals surface area contributed by atoms with Crippen LogP contribution in [0.2, 0.25) is 0 Å². The summed E-state index contributed by atoms with van der Waals surface area (Å²) >= 11 is 1.82. The van der Waals surface area contributed by atoms with Gasteiger partial charge in [0.15, 0.2) is 5.82 Å². The predicted octanol–water partition coefficient (Wildman–Crippen LogP) is 3.20. The molecule has 1 amide bonds. The number of rotatable bonds is 5. The van der Waals surface area contributed by atoms with E-state index in [1.54, 1.807) is 6.20 Å². The van der Waals surface area contributed by atoms with E-state index in [1.807, 2.05) is 29.7 Å². The molecule has 3 aromatic rings. The van der Waals surface area contributed by atoms with Crippen LogP contribution in [0.3, 0.4) is 0 Å². The summed E-state index contributed by atoms with van der Waals surface area (Å²) in [4.78, 5) is 31.5. The van der Waals surface area contributed by atoms with Gasteiger partial charge in [-0.15, -0.1) is 11.3 Å². The molecule has 5 rings (SSSR count). The predicted molar refractivity (Wildman–Crippen MR) is 127 cm³/mol. The molecule has 0 bridgehead atoms. The summed E-state index contributed by atoms with van der Waals surface area (Å²) < 4.78 is 0. The summed E-state index contributed by atoms with van der Waals surface area (Å²) in [5.41, 5.74) is 2.35. The van der Waals surface area contributed by atoms with Gasteiger partial charge in [0.2, 0.25) is 5.91 Å². The first-order valence-corrected chi connectivity index (χ1v) is 12.3. The number of aliphatic hydroxyl groups is 1. The van der Waals surface area contributed by atoms with Crippen LogP contribution < -0.4 is 10.2 Å². The van der Waals surface area contributed by atoms with Crippen molar-refractivity contribution in [2.24, 2.45) is 11.8 Å². The normalized spacial score (nSPS) is 19.2. The Balaban J connectivity index is 1.50. The third-order valence-electron chi connectivity index (χ3n) is 6.63. The largest absolute Gasteiger partial charge is 0.395 e. The van der Waals surface area contributed by atoms with Crippen molar-refractivity contribution in [3.8, 4) is 11.4 Å². The van der Waals surface area contributed by atoms with Crippen molar-refractivity contribution in [3.05, 3.63) is 35.0 Å². The third-order valence-corrected chi connectivity index (χ3v) is 7.78. The molecule has 8 heteroatoms. The first-order chi connectivity index (χ1) is 15.6. The molecule has 32 heavy (non-hydrogen) atoms. The molecule has 1 saturated heterocycles. The number of hydrogen-bond acceptors (Lipinski definition) is 7. The van der Waals surface area contributed by atoms with Crippen LogP contribution in [-0.4, -0.2) is 52.2 Å². The van der Waals surface area contributed by atoms with Crippen LogP contribution in [0.1, 0.15) is 36.6 Å². The Labute approximate surface area is 191 Å². The first kappa shape index (κ1) is 21.3. The fourth-order valence-corrected chi connectivity index (χ4v) is 6.23. The first-order valence-electron chi connectivity index (χ1n) is 11.5. The molecule has 1 fully saturated rings. The second-order valence-electron chi connectivity index (χ2n) is 8.92. The van der Waals surface area contributed by atoms with Gasteiger partial charge in [0.1, 0.15) is 10.6 Å². The molecule has 7 nitrogen and oxygen atoms in total. The molecular formula is C24H29N5O2S. The summed E-state index contributed by atoms with van der Waals surface area (Å²) in [5, 5.41) is 13.0. The molecular weight excluding hydrogens is 422 g/mol. The second kappa shape index (κ2) is 9.11. The molecule has 2 aliphatic rings. The molecule has 0 spiro atoms. The molecule has 1 atom stereocenters. The number of thiophene rings is 1. The second-order valence-corrected chi connectivity index (χ2v) is 10.0. The number of carbonyl (C=O) groups excluding carboxylic acids is 1. The Bertz CT molecular complexity index is 1110. The zero-order valence-electron chi connectivity index (χ0n) is 18.4. The van der Waals surface area contributed by atoms with Crippen LogP contribution in [0.25, 0.3) is 21.6 Å². The summed E-state index contributed by atoms with van der Waals surface area (Å²) in [5.74, 6) is 2.47. The van der Waals surface area contributed by atoms with Crippen LogP contribution in [0, 0.1) is 11.8 Å². The van der Waals surface area contributed by atoms with Crippen LogP contribution in [0.15, 0.2) is 24.5 Å². The van der Waals surface area contributed by atoms with Gasteiger partial charge in [-0.1, -0.05) is 6.92 Å². The Morgan fingerprint density at radius 3 is 2.88 bits per heavy atom. The molecule has 0 radical (unpaired) electrons. The van der Waals surface area contributed by atoms with Gasteiger partial charge in [0, 0.05) is 48.4 Å². The van der Waals surface area contributed by atoms with Crippen molar-refractivity contribution < 1.29 is 9.90 Å². The fourth-order valence-electron chi connectivity index (χ4n) is 4.85. The van der Waals surface area contributed by atoms with Gasteiger partial charge >= 0.3 is 0 Å². The average molecular weight is 452 g/mol. The highest BCUT2D eigenvalue weighted by molar-refractivity contribution is 7.19. The summed E-state index contributed by atoms with van der Waals surface area (Å²) in [6, 6.07) is 3.92. The number of hydrogen-bond donors (Lipinski definition) is 2. The van der Waals surface area contributed by atoms with Crippen molar-refractivity contribution in [3.63, 3.8) is 0 Å². The van der Waals surface area contributed by atoms with Crippen molar-refractivity contribution in [1.82, 2.24) is 20.3 Å². The zero-order valence-corrected chi connectivity index (χ0v) is 19.2. The maximum atomic E-state index is 12.4. The lowest BCUT2D eigenvalue weighted by Gasteiger charge is -2.33. The Kier molecular flexibility index (Phi) is 6.06. The molecule has 1 unspecified atom stereocenters. The van der Waals surface area contributed by atoms with E-state index in [0.29, 0.717) is 12.5 Å². The van der Waals surface area contributed by atoms with Crippen molar-refractivity contribution in [2.75, 3.05) is 31.1 Å². The van der Waals surface area contributed by atoms with Crippen LogP contribution in [0.4, 0.5) is 5.82 Å². The number of aliphatic hydroxyl groups excluding tert-OH is 1.